The molecule has 21 heavy (non-hydrogen) atoms. The van der Waals surface area contributed by atoms with E-state index in [1.807, 2.05) is 56.3 Å². The highest BCUT2D eigenvalue weighted by atomic mass is 35.5. The Kier molecular flexibility index (Phi) is 5.48. The van der Waals surface area contributed by atoms with Gasteiger partial charge < -0.3 is 15.2 Å². The number of aliphatic hydroxyl groups is 1. The van der Waals surface area contributed by atoms with Gasteiger partial charge in [0.2, 0.25) is 0 Å². The number of ether oxygens (including phenoxy) is 1. The maximum Gasteiger partial charge on any atom is 0.122 e. The first kappa shape index (κ1) is 15.7. The number of benzene rings is 2. The van der Waals surface area contributed by atoms with E-state index in [4.69, 9.17) is 16.3 Å². The third-order valence-electron chi connectivity index (χ3n) is 3.16. The summed E-state index contributed by atoms with van der Waals surface area (Å²) in [4.78, 5) is 0. The van der Waals surface area contributed by atoms with Crippen LogP contribution < -0.4 is 10.1 Å². The Morgan fingerprint density at radius 3 is 2.57 bits per heavy atom. The molecule has 2 aromatic rings. The third kappa shape index (κ3) is 4.96. The summed E-state index contributed by atoms with van der Waals surface area (Å²) in [5.74, 6) is 0.820. The number of anilines is 1. The van der Waals surface area contributed by atoms with Gasteiger partial charge in [-0.2, -0.15) is 0 Å². The van der Waals surface area contributed by atoms with Crippen LogP contribution in [0.4, 0.5) is 5.69 Å². The average Bonchev–Trinajstić information content (AvgIpc) is 2.47. The van der Waals surface area contributed by atoms with Crippen molar-refractivity contribution in [3.05, 3.63) is 58.6 Å². The van der Waals surface area contributed by atoms with Crippen molar-refractivity contribution in [1.82, 2.24) is 0 Å². The molecule has 0 saturated carbocycles. The molecular formula is C17H20ClNO2. The number of halogens is 1. The smallest absolute Gasteiger partial charge is 0.122 e. The van der Waals surface area contributed by atoms with Crippen LogP contribution >= 0.6 is 11.6 Å². The van der Waals surface area contributed by atoms with Crippen LogP contribution in [0.2, 0.25) is 5.02 Å². The van der Waals surface area contributed by atoms with Gasteiger partial charge in [0.25, 0.3) is 0 Å². The number of nitrogens with one attached hydrogen (secondary N) is 1. The van der Waals surface area contributed by atoms with Gasteiger partial charge in [0.1, 0.15) is 18.5 Å². The van der Waals surface area contributed by atoms with Crippen molar-refractivity contribution in [2.75, 3.05) is 18.5 Å². The van der Waals surface area contributed by atoms with Gasteiger partial charge >= 0.3 is 0 Å². The number of aryl methyl sites for hydroxylation is 2. The van der Waals surface area contributed by atoms with Crippen LogP contribution in [0, 0.1) is 13.8 Å². The minimum absolute atomic E-state index is 0.255. The summed E-state index contributed by atoms with van der Waals surface area (Å²) in [6, 6.07) is 13.4. The zero-order chi connectivity index (χ0) is 15.2. The lowest BCUT2D eigenvalue weighted by molar-refractivity contribution is 0.117. The molecule has 1 atom stereocenters. The van der Waals surface area contributed by atoms with Crippen molar-refractivity contribution in [3.63, 3.8) is 0 Å². The topological polar surface area (TPSA) is 41.5 Å². The Hall–Kier alpha value is -1.71. The quantitative estimate of drug-likeness (QED) is 0.853. The van der Waals surface area contributed by atoms with Gasteiger partial charge in [0, 0.05) is 17.3 Å². The standard InChI is InChI=1S/C17H20ClNO2/c1-12-3-4-13(2)17(9-12)21-11-16(20)10-19-15-7-5-14(18)6-8-15/h3-9,16,19-20H,10-11H2,1-2H3. The van der Waals surface area contributed by atoms with Crippen LogP contribution in [-0.4, -0.2) is 24.4 Å². The van der Waals surface area contributed by atoms with Gasteiger partial charge in [-0.05, 0) is 55.3 Å². The van der Waals surface area contributed by atoms with E-state index in [1.165, 1.54) is 0 Å². The number of hydrogen-bond acceptors (Lipinski definition) is 3. The molecule has 0 aromatic heterocycles. The van der Waals surface area contributed by atoms with E-state index in [1.54, 1.807) is 0 Å². The highest BCUT2D eigenvalue weighted by Gasteiger charge is 2.07. The number of rotatable bonds is 6. The van der Waals surface area contributed by atoms with Crippen molar-refractivity contribution in [2.24, 2.45) is 0 Å². The minimum Gasteiger partial charge on any atom is -0.491 e. The molecular weight excluding hydrogens is 286 g/mol. The lowest BCUT2D eigenvalue weighted by Crippen LogP contribution is -2.26. The molecule has 0 spiro atoms. The van der Waals surface area contributed by atoms with E-state index in [0.717, 1.165) is 22.6 Å². The SMILES string of the molecule is Cc1ccc(C)c(OCC(O)CNc2ccc(Cl)cc2)c1. The predicted molar refractivity (Wildman–Crippen MR) is 87.4 cm³/mol. The molecule has 0 saturated heterocycles. The molecule has 0 amide bonds. The lowest BCUT2D eigenvalue weighted by Gasteiger charge is -2.15. The van der Waals surface area contributed by atoms with E-state index in [0.29, 0.717) is 11.6 Å². The summed E-state index contributed by atoms with van der Waals surface area (Å²) in [5, 5.41) is 13.8. The van der Waals surface area contributed by atoms with Crippen molar-refractivity contribution in [3.8, 4) is 5.75 Å². The van der Waals surface area contributed by atoms with Crippen LogP contribution in [0.15, 0.2) is 42.5 Å². The maximum absolute atomic E-state index is 9.97. The zero-order valence-electron chi connectivity index (χ0n) is 12.3. The van der Waals surface area contributed by atoms with Crippen molar-refractivity contribution in [1.29, 1.82) is 0 Å². The molecule has 0 heterocycles. The van der Waals surface area contributed by atoms with Crippen molar-refractivity contribution >= 4 is 17.3 Å². The Labute approximate surface area is 130 Å². The number of aliphatic hydroxyl groups excluding tert-OH is 1. The monoisotopic (exact) mass is 305 g/mol. The molecule has 0 aliphatic carbocycles. The molecule has 4 heteroatoms. The summed E-state index contributed by atoms with van der Waals surface area (Å²) >= 11 is 5.82. The first-order valence-electron chi connectivity index (χ1n) is 6.92. The fourth-order valence-corrected chi connectivity index (χ4v) is 2.04. The van der Waals surface area contributed by atoms with E-state index in [-0.39, 0.29) is 6.61 Å². The Balaban J connectivity index is 1.80. The second-order valence-corrected chi connectivity index (χ2v) is 5.56. The highest BCUT2D eigenvalue weighted by molar-refractivity contribution is 6.30. The van der Waals surface area contributed by atoms with Gasteiger partial charge in [0.15, 0.2) is 0 Å². The van der Waals surface area contributed by atoms with Gasteiger partial charge in [-0.15, -0.1) is 0 Å². The van der Waals surface area contributed by atoms with Crippen LogP contribution in [0.25, 0.3) is 0 Å². The van der Waals surface area contributed by atoms with E-state index >= 15 is 0 Å². The summed E-state index contributed by atoms with van der Waals surface area (Å²) in [6.45, 7) is 4.69. The molecule has 0 radical (unpaired) electrons. The van der Waals surface area contributed by atoms with E-state index in [2.05, 4.69) is 5.32 Å². The van der Waals surface area contributed by atoms with E-state index in [9.17, 15) is 5.11 Å². The molecule has 2 aromatic carbocycles. The average molecular weight is 306 g/mol. The largest absolute Gasteiger partial charge is 0.491 e. The minimum atomic E-state index is -0.583. The second kappa shape index (κ2) is 7.34. The first-order chi connectivity index (χ1) is 10.0. The molecule has 0 aliphatic heterocycles. The second-order valence-electron chi connectivity index (χ2n) is 5.12. The molecule has 0 bridgehead atoms. The fraction of sp³-hybridized carbons (Fsp3) is 0.294. The highest BCUT2D eigenvalue weighted by Crippen LogP contribution is 2.19. The molecule has 2 rings (SSSR count). The predicted octanol–water partition coefficient (Wildman–Crippen LogP) is 3.81. The molecule has 2 N–H and O–H groups in total. The Morgan fingerprint density at radius 1 is 1.14 bits per heavy atom. The zero-order valence-corrected chi connectivity index (χ0v) is 13.0. The molecule has 1 unspecified atom stereocenters. The Bertz CT molecular complexity index is 584. The van der Waals surface area contributed by atoms with Gasteiger partial charge in [-0.3, -0.25) is 0 Å². The molecule has 0 fully saturated rings. The van der Waals surface area contributed by atoms with Crippen LogP contribution in [0.3, 0.4) is 0 Å². The molecule has 0 aliphatic rings. The third-order valence-corrected chi connectivity index (χ3v) is 3.41. The van der Waals surface area contributed by atoms with Gasteiger partial charge in [-0.25, -0.2) is 0 Å². The van der Waals surface area contributed by atoms with Crippen molar-refractivity contribution < 1.29 is 9.84 Å². The van der Waals surface area contributed by atoms with Crippen LogP contribution in [0.1, 0.15) is 11.1 Å². The molecule has 3 nitrogen and oxygen atoms in total. The lowest BCUT2D eigenvalue weighted by atomic mass is 10.1. The number of hydrogen-bond donors (Lipinski definition) is 2. The first-order valence-corrected chi connectivity index (χ1v) is 7.30. The van der Waals surface area contributed by atoms with Crippen LogP contribution in [-0.2, 0) is 0 Å². The van der Waals surface area contributed by atoms with Gasteiger partial charge in [0.05, 0.1) is 0 Å². The van der Waals surface area contributed by atoms with Crippen LogP contribution in [0.5, 0.6) is 5.75 Å². The summed E-state index contributed by atoms with van der Waals surface area (Å²) in [5.41, 5.74) is 3.13. The van der Waals surface area contributed by atoms with E-state index < -0.39 is 6.10 Å². The molecule has 112 valence electrons. The normalized spacial score (nSPS) is 12.0. The maximum atomic E-state index is 9.97. The van der Waals surface area contributed by atoms with Crippen molar-refractivity contribution in [2.45, 2.75) is 20.0 Å². The van der Waals surface area contributed by atoms with Gasteiger partial charge in [-0.1, -0.05) is 23.7 Å². The summed E-state index contributed by atoms with van der Waals surface area (Å²) in [7, 11) is 0. The fourth-order valence-electron chi connectivity index (χ4n) is 1.91. The Morgan fingerprint density at radius 2 is 1.86 bits per heavy atom. The summed E-state index contributed by atoms with van der Waals surface area (Å²) in [6.07, 6.45) is -0.583. The summed E-state index contributed by atoms with van der Waals surface area (Å²) < 4.78 is 5.68.